The summed E-state index contributed by atoms with van der Waals surface area (Å²) in [5.41, 5.74) is 0.607. The molecule has 0 bridgehead atoms. The highest BCUT2D eigenvalue weighted by Crippen LogP contribution is 2.16. The molecule has 1 saturated heterocycles. The average molecular weight is 417 g/mol. The van der Waals surface area contributed by atoms with Crippen LogP contribution < -0.4 is 10.2 Å². The van der Waals surface area contributed by atoms with E-state index in [1.165, 1.54) is 0 Å². The van der Waals surface area contributed by atoms with E-state index in [9.17, 15) is 9.59 Å². The first-order valence-corrected chi connectivity index (χ1v) is 9.40. The Morgan fingerprint density at radius 1 is 1.04 bits per heavy atom. The molecule has 7 heteroatoms. The number of carbonyl (C=O) groups excluding carboxylic acids is 2. The standard InChI is InChI=1S/C19H21BrN4O2/c20-16-6-7-17(22-14-16)23-10-12-24(13-11-23)18(25)8-9-21-19(26)15-4-2-1-3-5-15/h1-7,14H,8-13H2,(H,21,26). The van der Waals surface area contributed by atoms with Gasteiger partial charge < -0.3 is 15.1 Å². The Balaban J connectivity index is 1.41. The molecule has 1 aliphatic rings. The number of hydrogen-bond acceptors (Lipinski definition) is 4. The molecule has 1 N–H and O–H groups in total. The molecule has 0 atom stereocenters. The first kappa shape index (κ1) is 18.4. The number of piperazine rings is 1. The van der Waals surface area contributed by atoms with Crippen LogP contribution in [0.4, 0.5) is 5.82 Å². The lowest BCUT2D eigenvalue weighted by molar-refractivity contribution is -0.131. The number of halogens is 1. The van der Waals surface area contributed by atoms with Gasteiger partial charge in [0.05, 0.1) is 0 Å². The molecular weight excluding hydrogens is 396 g/mol. The van der Waals surface area contributed by atoms with Crippen LogP contribution in [-0.2, 0) is 4.79 Å². The van der Waals surface area contributed by atoms with Crippen molar-refractivity contribution >= 4 is 33.6 Å². The van der Waals surface area contributed by atoms with Crippen molar-refractivity contribution in [3.8, 4) is 0 Å². The van der Waals surface area contributed by atoms with E-state index < -0.39 is 0 Å². The maximum absolute atomic E-state index is 12.3. The van der Waals surface area contributed by atoms with Gasteiger partial charge in [-0.1, -0.05) is 18.2 Å². The van der Waals surface area contributed by atoms with Gasteiger partial charge in [0, 0.05) is 55.4 Å². The average Bonchev–Trinajstić information content (AvgIpc) is 2.69. The lowest BCUT2D eigenvalue weighted by Gasteiger charge is -2.35. The molecule has 0 spiro atoms. The Morgan fingerprint density at radius 2 is 1.77 bits per heavy atom. The first-order valence-electron chi connectivity index (χ1n) is 8.61. The van der Waals surface area contributed by atoms with Gasteiger partial charge in [-0.15, -0.1) is 0 Å². The fourth-order valence-electron chi connectivity index (χ4n) is 2.87. The fraction of sp³-hybridized carbons (Fsp3) is 0.316. The maximum Gasteiger partial charge on any atom is 0.251 e. The lowest BCUT2D eigenvalue weighted by Crippen LogP contribution is -2.49. The van der Waals surface area contributed by atoms with Gasteiger partial charge in [-0.2, -0.15) is 0 Å². The van der Waals surface area contributed by atoms with Gasteiger partial charge in [-0.3, -0.25) is 9.59 Å². The first-order chi connectivity index (χ1) is 12.6. The molecule has 136 valence electrons. The zero-order chi connectivity index (χ0) is 18.4. The smallest absolute Gasteiger partial charge is 0.251 e. The van der Waals surface area contributed by atoms with Crippen molar-refractivity contribution in [3.63, 3.8) is 0 Å². The van der Waals surface area contributed by atoms with Gasteiger partial charge in [-0.05, 0) is 40.2 Å². The van der Waals surface area contributed by atoms with Crippen LogP contribution in [0.3, 0.4) is 0 Å². The van der Waals surface area contributed by atoms with Crippen molar-refractivity contribution in [1.29, 1.82) is 0 Å². The molecule has 0 unspecified atom stereocenters. The van der Waals surface area contributed by atoms with Crippen molar-refractivity contribution in [2.24, 2.45) is 0 Å². The predicted molar refractivity (Wildman–Crippen MR) is 104 cm³/mol. The van der Waals surface area contributed by atoms with Crippen molar-refractivity contribution in [1.82, 2.24) is 15.2 Å². The topological polar surface area (TPSA) is 65.5 Å². The van der Waals surface area contributed by atoms with E-state index in [0.29, 0.717) is 31.6 Å². The molecule has 2 heterocycles. The number of benzene rings is 1. The Bertz CT molecular complexity index is 744. The summed E-state index contributed by atoms with van der Waals surface area (Å²) in [5, 5.41) is 2.80. The van der Waals surface area contributed by atoms with Crippen molar-refractivity contribution in [2.45, 2.75) is 6.42 Å². The van der Waals surface area contributed by atoms with E-state index in [2.05, 4.69) is 31.1 Å². The summed E-state index contributed by atoms with van der Waals surface area (Å²) in [6.07, 6.45) is 2.09. The zero-order valence-electron chi connectivity index (χ0n) is 14.4. The summed E-state index contributed by atoms with van der Waals surface area (Å²) < 4.78 is 0.951. The van der Waals surface area contributed by atoms with Crippen LogP contribution >= 0.6 is 15.9 Å². The molecule has 2 aromatic rings. The van der Waals surface area contributed by atoms with Crippen LogP contribution in [-0.4, -0.2) is 54.4 Å². The second-order valence-electron chi connectivity index (χ2n) is 6.07. The highest BCUT2D eigenvalue weighted by atomic mass is 79.9. The zero-order valence-corrected chi connectivity index (χ0v) is 16.0. The largest absolute Gasteiger partial charge is 0.353 e. The van der Waals surface area contributed by atoms with Crippen LogP contribution in [0.5, 0.6) is 0 Å². The van der Waals surface area contributed by atoms with E-state index >= 15 is 0 Å². The van der Waals surface area contributed by atoms with E-state index in [1.54, 1.807) is 18.3 Å². The van der Waals surface area contributed by atoms with Crippen LogP contribution in [0.1, 0.15) is 16.8 Å². The summed E-state index contributed by atoms with van der Waals surface area (Å²) in [6, 6.07) is 13.0. The molecule has 2 amide bonds. The van der Waals surface area contributed by atoms with Crippen LogP contribution in [0.25, 0.3) is 0 Å². The minimum atomic E-state index is -0.149. The number of carbonyl (C=O) groups is 2. The summed E-state index contributed by atoms with van der Waals surface area (Å²) in [5.74, 6) is 0.849. The number of rotatable bonds is 5. The molecular formula is C19H21BrN4O2. The van der Waals surface area contributed by atoms with Crippen LogP contribution in [0.15, 0.2) is 53.1 Å². The molecule has 3 rings (SSSR count). The monoisotopic (exact) mass is 416 g/mol. The minimum Gasteiger partial charge on any atom is -0.353 e. The third-order valence-corrected chi connectivity index (χ3v) is 4.80. The molecule has 26 heavy (non-hydrogen) atoms. The number of aromatic nitrogens is 1. The van der Waals surface area contributed by atoms with Gasteiger partial charge in [0.1, 0.15) is 5.82 Å². The minimum absolute atomic E-state index is 0.0711. The summed E-state index contributed by atoms with van der Waals surface area (Å²) in [6.45, 7) is 3.21. The van der Waals surface area contributed by atoms with E-state index in [4.69, 9.17) is 0 Å². The normalized spacial score (nSPS) is 14.2. The van der Waals surface area contributed by atoms with Gasteiger partial charge in [0.2, 0.25) is 5.91 Å². The number of nitrogens with zero attached hydrogens (tertiary/aromatic N) is 3. The Kier molecular flexibility index (Phi) is 6.22. The second-order valence-corrected chi connectivity index (χ2v) is 6.99. The third-order valence-electron chi connectivity index (χ3n) is 4.33. The van der Waals surface area contributed by atoms with Crippen molar-refractivity contribution in [2.75, 3.05) is 37.6 Å². The van der Waals surface area contributed by atoms with Crippen molar-refractivity contribution in [3.05, 3.63) is 58.7 Å². The molecule has 0 saturated carbocycles. The number of anilines is 1. The third kappa shape index (κ3) is 4.82. The van der Waals surface area contributed by atoms with E-state index in [-0.39, 0.29) is 11.8 Å². The number of pyridine rings is 1. The summed E-state index contributed by atoms with van der Waals surface area (Å²) in [7, 11) is 0. The van der Waals surface area contributed by atoms with Crippen LogP contribution in [0, 0.1) is 0 Å². The molecule has 1 fully saturated rings. The number of amides is 2. The van der Waals surface area contributed by atoms with Crippen LogP contribution in [0.2, 0.25) is 0 Å². The SMILES string of the molecule is O=C(NCCC(=O)N1CCN(c2ccc(Br)cn2)CC1)c1ccccc1. The quantitative estimate of drug-likeness (QED) is 0.811. The number of nitrogens with one attached hydrogen (secondary N) is 1. The molecule has 6 nitrogen and oxygen atoms in total. The lowest BCUT2D eigenvalue weighted by atomic mass is 10.2. The van der Waals surface area contributed by atoms with Gasteiger partial charge in [0.25, 0.3) is 5.91 Å². The molecule has 1 aromatic carbocycles. The Morgan fingerprint density at radius 3 is 2.42 bits per heavy atom. The summed E-state index contributed by atoms with van der Waals surface area (Å²) >= 11 is 3.38. The summed E-state index contributed by atoms with van der Waals surface area (Å²) in [4.78, 5) is 32.7. The highest BCUT2D eigenvalue weighted by Gasteiger charge is 2.21. The maximum atomic E-state index is 12.3. The van der Waals surface area contributed by atoms with E-state index in [0.717, 1.165) is 23.4 Å². The predicted octanol–water partition coefficient (Wildman–Crippen LogP) is 2.31. The second kappa shape index (κ2) is 8.80. The molecule has 1 aliphatic heterocycles. The van der Waals surface area contributed by atoms with Gasteiger partial charge >= 0.3 is 0 Å². The molecule has 0 aliphatic carbocycles. The number of hydrogen-bond donors (Lipinski definition) is 1. The fourth-order valence-corrected chi connectivity index (χ4v) is 3.11. The Labute approximate surface area is 161 Å². The van der Waals surface area contributed by atoms with E-state index in [1.807, 2.05) is 35.2 Å². The molecule has 1 aromatic heterocycles. The Hall–Kier alpha value is -2.41. The van der Waals surface area contributed by atoms with Gasteiger partial charge in [-0.25, -0.2) is 4.98 Å². The van der Waals surface area contributed by atoms with Crippen molar-refractivity contribution < 1.29 is 9.59 Å². The molecule has 0 radical (unpaired) electrons. The van der Waals surface area contributed by atoms with Gasteiger partial charge in [0.15, 0.2) is 0 Å². The highest BCUT2D eigenvalue weighted by molar-refractivity contribution is 9.10.